The number of hydrogen-bond acceptors (Lipinski definition) is 5. The van der Waals surface area contributed by atoms with Gasteiger partial charge in [0, 0.05) is 19.2 Å². The standard InChI is InChI=1S/C13H18N4O2/c1-3-16(8-10(2)7-14)9-11-5-4-6-12(13(11)15)17(18)19/h4-6,10H,3,8-9,15H2,1-2H3. The summed E-state index contributed by atoms with van der Waals surface area (Å²) in [5.41, 5.74) is 6.68. The van der Waals surface area contributed by atoms with Crippen LogP contribution in [0.25, 0.3) is 0 Å². The molecule has 0 aliphatic heterocycles. The van der Waals surface area contributed by atoms with E-state index in [2.05, 4.69) is 6.07 Å². The first-order valence-electron chi connectivity index (χ1n) is 6.13. The van der Waals surface area contributed by atoms with Crippen LogP contribution in [0.4, 0.5) is 11.4 Å². The van der Waals surface area contributed by atoms with E-state index in [1.54, 1.807) is 12.1 Å². The van der Waals surface area contributed by atoms with E-state index in [9.17, 15) is 10.1 Å². The first-order valence-corrected chi connectivity index (χ1v) is 6.13. The quantitative estimate of drug-likeness (QED) is 0.481. The number of hydrogen-bond donors (Lipinski definition) is 1. The van der Waals surface area contributed by atoms with Crippen molar-refractivity contribution < 1.29 is 4.92 Å². The summed E-state index contributed by atoms with van der Waals surface area (Å²) in [6.45, 7) is 5.72. The van der Waals surface area contributed by atoms with Gasteiger partial charge < -0.3 is 5.73 Å². The van der Waals surface area contributed by atoms with Crippen LogP contribution in [-0.4, -0.2) is 22.9 Å². The highest BCUT2D eigenvalue weighted by Crippen LogP contribution is 2.25. The SMILES string of the molecule is CCN(Cc1cccc([N+](=O)[O-])c1N)CC(C)C#N. The van der Waals surface area contributed by atoms with Gasteiger partial charge in [0.1, 0.15) is 5.69 Å². The summed E-state index contributed by atoms with van der Waals surface area (Å²) in [5.74, 6) is -0.0835. The normalized spacial score (nSPS) is 12.1. The third kappa shape index (κ3) is 3.93. The van der Waals surface area contributed by atoms with Gasteiger partial charge in [-0.1, -0.05) is 19.1 Å². The van der Waals surface area contributed by atoms with Crippen molar-refractivity contribution >= 4 is 11.4 Å². The Hall–Kier alpha value is -2.13. The van der Waals surface area contributed by atoms with E-state index in [0.29, 0.717) is 13.1 Å². The molecule has 0 saturated heterocycles. The molecule has 0 fully saturated rings. The highest BCUT2D eigenvalue weighted by molar-refractivity contribution is 5.62. The topological polar surface area (TPSA) is 96.2 Å². The third-order valence-corrected chi connectivity index (χ3v) is 2.96. The molecule has 0 heterocycles. The first kappa shape index (κ1) is 14.9. The van der Waals surface area contributed by atoms with E-state index in [0.717, 1.165) is 12.1 Å². The highest BCUT2D eigenvalue weighted by Gasteiger charge is 2.16. The minimum atomic E-state index is -0.479. The Kier molecular flexibility index (Phi) is 5.27. The number of anilines is 1. The molecule has 1 atom stereocenters. The summed E-state index contributed by atoms with van der Waals surface area (Å²) in [6, 6.07) is 6.98. The van der Waals surface area contributed by atoms with E-state index in [4.69, 9.17) is 11.0 Å². The third-order valence-electron chi connectivity index (χ3n) is 2.96. The number of nitrogens with two attached hydrogens (primary N) is 1. The zero-order chi connectivity index (χ0) is 14.4. The van der Waals surface area contributed by atoms with Gasteiger partial charge in [-0.2, -0.15) is 5.26 Å². The van der Waals surface area contributed by atoms with Crippen molar-refractivity contribution in [1.82, 2.24) is 4.90 Å². The van der Waals surface area contributed by atoms with E-state index < -0.39 is 4.92 Å². The molecule has 0 amide bonds. The maximum absolute atomic E-state index is 10.8. The molecular weight excluding hydrogens is 244 g/mol. The van der Waals surface area contributed by atoms with Crippen molar-refractivity contribution in [2.45, 2.75) is 20.4 Å². The minimum absolute atomic E-state index is 0.0677. The molecule has 0 aliphatic rings. The molecule has 1 aromatic carbocycles. The van der Waals surface area contributed by atoms with Crippen LogP contribution in [-0.2, 0) is 6.54 Å². The number of nitriles is 1. The molecule has 0 aliphatic carbocycles. The van der Waals surface area contributed by atoms with Crippen LogP contribution in [0.15, 0.2) is 18.2 Å². The van der Waals surface area contributed by atoms with Gasteiger partial charge in [-0.05, 0) is 19.0 Å². The van der Waals surface area contributed by atoms with Crippen LogP contribution >= 0.6 is 0 Å². The van der Waals surface area contributed by atoms with Gasteiger partial charge in [0.15, 0.2) is 0 Å². The van der Waals surface area contributed by atoms with Crippen molar-refractivity contribution in [2.24, 2.45) is 5.92 Å². The maximum atomic E-state index is 10.8. The molecule has 0 bridgehead atoms. The predicted molar refractivity (Wildman–Crippen MR) is 73.2 cm³/mol. The van der Waals surface area contributed by atoms with Gasteiger partial charge in [0.25, 0.3) is 5.69 Å². The Bertz CT molecular complexity index is 496. The average Bonchev–Trinajstić information content (AvgIpc) is 2.39. The second-order valence-corrected chi connectivity index (χ2v) is 4.46. The van der Waals surface area contributed by atoms with Crippen molar-refractivity contribution in [2.75, 3.05) is 18.8 Å². The number of nitro benzene ring substituents is 1. The van der Waals surface area contributed by atoms with Crippen LogP contribution in [0.1, 0.15) is 19.4 Å². The van der Waals surface area contributed by atoms with Crippen molar-refractivity contribution in [3.05, 3.63) is 33.9 Å². The Morgan fingerprint density at radius 2 is 2.26 bits per heavy atom. The van der Waals surface area contributed by atoms with Crippen LogP contribution in [0.5, 0.6) is 0 Å². The molecule has 19 heavy (non-hydrogen) atoms. The molecular formula is C13H18N4O2. The van der Waals surface area contributed by atoms with Gasteiger partial charge in [-0.15, -0.1) is 0 Å². The Morgan fingerprint density at radius 3 is 2.79 bits per heavy atom. The largest absolute Gasteiger partial charge is 0.393 e. The summed E-state index contributed by atoms with van der Waals surface area (Å²) in [5, 5.41) is 19.6. The molecule has 1 rings (SSSR count). The van der Waals surface area contributed by atoms with Gasteiger partial charge in [-0.25, -0.2) is 0 Å². The minimum Gasteiger partial charge on any atom is -0.393 e. The predicted octanol–water partition coefficient (Wildman–Crippen LogP) is 2.16. The molecule has 2 N–H and O–H groups in total. The average molecular weight is 262 g/mol. The Labute approximate surface area is 112 Å². The lowest BCUT2D eigenvalue weighted by atomic mass is 10.1. The molecule has 6 nitrogen and oxygen atoms in total. The zero-order valence-corrected chi connectivity index (χ0v) is 11.2. The van der Waals surface area contributed by atoms with E-state index in [-0.39, 0.29) is 17.3 Å². The fourth-order valence-corrected chi connectivity index (χ4v) is 1.87. The van der Waals surface area contributed by atoms with Gasteiger partial charge in [-0.3, -0.25) is 15.0 Å². The molecule has 102 valence electrons. The van der Waals surface area contributed by atoms with E-state index >= 15 is 0 Å². The van der Waals surface area contributed by atoms with Gasteiger partial charge in [0.05, 0.1) is 16.9 Å². The molecule has 0 aromatic heterocycles. The number of benzene rings is 1. The highest BCUT2D eigenvalue weighted by atomic mass is 16.6. The molecule has 0 spiro atoms. The maximum Gasteiger partial charge on any atom is 0.292 e. The van der Waals surface area contributed by atoms with Crippen LogP contribution in [0.2, 0.25) is 0 Å². The number of para-hydroxylation sites is 1. The van der Waals surface area contributed by atoms with Crippen LogP contribution in [0.3, 0.4) is 0 Å². The van der Waals surface area contributed by atoms with Crippen LogP contribution in [0, 0.1) is 27.4 Å². The molecule has 0 saturated carbocycles. The number of rotatable bonds is 6. The summed E-state index contributed by atoms with van der Waals surface area (Å²) in [7, 11) is 0. The van der Waals surface area contributed by atoms with Crippen molar-refractivity contribution in [1.29, 1.82) is 5.26 Å². The summed E-state index contributed by atoms with van der Waals surface area (Å²) in [4.78, 5) is 12.4. The van der Waals surface area contributed by atoms with E-state index in [1.807, 2.05) is 18.7 Å². The molecule has 6 heteroatoms. The lowest BCUT2D eigenvalue weighted by Gasteiger charge is -2.22. The number of nitro groups is 1. The summed E-state index contributed by atoms with van der Waals surface area (Å²) >= 11 is 0. The number of nitrogen functional groups attached to an aromatic ring is 1. The second kappa shape index (κ2) is 6.71. The number of nitrogens with zero attached hydrogens (tertiary/aromatic N) is 3. The van der Waals surface area contributed by atoms with Gasteiger partial charge in [0.2, 0.25) is 0 Å². The Morgan fingerprint density at radius 1 is 1.58 bits per heavy atom. The fraction of sp³-hybridized carbons (Fsp3) is 0.462. The van der Waals surface area contributed by atoms with Crippen molar-refractivity contribution in [3.8, 4) is 6.07 Å². The second-order valence-electron chi connectivity index (χ2n) is 4.46. The molecule has 0 radical (unpaired) electrons. The first-order chi connectivity index (χ1) is 8.99. The fourth-order valence-electron chi connectivity index (χ4n) is 1.87. The monoisotopic (exact) mass is 262 g/mol. The van der Waals surface area contributed by atoms with Crippen LogP contribution < -0.4 is 5.73 Å². The summed E-state index contributed by atoms with van der Waals surface area (Å²) < 4.78 is 0. The lowest BCUT2D eigenvalue weighted by molar-refractivity contribution is -0.384. The molecule has 1 aromatic rings. The van der Waals surface area contributed by atoms with E-state index in [1.165, 1.54) is 6.07 Å². The summed E-state index contributed by atoms with van der Waals surface area (Å²) in [6.07, 6.45) is 0. The van der Waals surface area contributed by atoms with Crippen molar-refractivity contribution in [3.63, 3.8) is 0 Å². The zero-order valence-electron chi connectivity index (χ0n) is 11.2. The Balaban J connectivity index is 2.89. The van der Waals surface area contributed by atoms with Gasteiger partial charge >= 0.3 is 0 Å². The lowest BCUT2D eigenvalue weighted by Crippen LogP contribution is -2.28. The molecule has 1 unspecified atom stereocenters. The smallest absolute Gasteiger partial charge is 0.292 e.